The third-order valence-electron chi connectivity index (χ3n) is 2.10. The Morgan fingerprint density at radius 2 is 2.29 bits per heavy atom. The lowest BCUT2D eigenvalue weighted by Crippen LogP contribution is -1.84. The highest BCUT2D eigenvalue weighted by Crippen LogP contribution is 2.26. The summed E-state index contributed by atoms with van der Waals surface area (Å²) < 4.78 is 5.95. The van der Waals surface area contributed by atoms with Gasteiger partial charge >= 0.3 is 0 Å². The number of hydrogen-bond acceptors (Lipinski definition) is 5. The Labute approximate surface area is 117 Å². The molecule has 1 heterocycles. The second-order valence-corrected chi connectivity index (χ2v) is 5.76. The molecule has 0 aliphatic rings. The van der Waals surface area contributed by atoms with Crippen molar-refractivity contribution in [3.63, 3.8) is 0 Å². The van der Waals surface area contributed by atoms with Crippen LogP contribution in [0, 0.1) is 3.57 Å². The Bertz CT molecular complexity index is 516. The van der Waals surface area contributed by atoms with Crippen molar-refractivity contribution in [1.29, 1.82) is 0 Å². The first kappa shape index (κ1) is 12.7. The summed E-state index contributed by atoms with van der Waals surface area (Å²) in [6.07, 6.45) is 0. The van der Waals surface area contributed by atoms with Gasteiger partial charge < -0.3 is 9.63 Å². The Morgan fingerprint density at radius 1 is 1.47 bits per heavy atom. The first-order valence-corrected chi connectivity index (χ1v) is 7.33. The van der Waals surface area contributed by atoms with Gasteiger partial charge in [-0.2, -0.15) is 16.7 Å². The topological polar surface area (TPSA) is 59.2 Å². The molecular weight excluding hydrogens is 351 g/mol. The van der Waals surface area contributed by atoms with Crippen LogP contribution in [0.25, 0.3) is 11.5 Å². The maximum atomic E-state index is 9.61. The van der Waals surface area contributed by atoms with Gasteiger partial charge in [-0.25, -0.2) is 0 Å². The summed E-state index contributed by atoms with van der Waals surface area (Å²) in [7, 11) is 0. The number of rotatable bonds is 4. The normalized spacial score (nSPS) is 10.7. The Morgan fingerprint density at radius 3 is 3.00 bits per heavy atom. The molecule has 2 rings (SSSR count). The molecule has 1 N–H and O–H groups in total. The minimum absolute atomic E-state index is 0.228. The van der Waals surface area contributed by atoms with Crippen LogP contribution in [0.2, 0.25) is 0 Å². The zero-order valence-corrected chi connectivity index (χ0v) is 12.2. The quantitative estimate of drug-likeness (QED) is 0.846. The molecule has 90 valence electrons. The van der Waals surface area contributed by atoms with Crippen LogP contribution in [0.15, 0.2) is 22.7 Å². The number of phenolic OH excluding ortho intramolecular Hbond substituents is 1. The monoisotopic (exact) mass is 362 g/mol. The van der Waals surface area contributed by atoms with E-state index in [0.717, 1.165) is 20.6 Å². The van der Waals surface area contributed by atoms with Gasteiger partial charge in [-0.05, 0) is 46.5 Å². The van der Waals surface area contributed by atoms with Gasteiger partial charge in [0.05, 0.1) is 9.32 Å². The molecule has 0 radical (unpaired) electrons. The van der Waals surface area contributed by atoms with Crippen molar-refractivity contribution in [1.82, 2.24) is 10.1 Å². The van der Waals surface area contributed by atoms with E-state index in [4.69, 9.17) is 4.52 Å². The minimum Gasteiger partial charge on any atom is -0.507 e. The average Bonchev–Trinajstić information content (AvgIpc) is 2.79. The summed E-state index contributed by atoms with van der Waals surface area (Å²) in [6.45, 7) is 2.09. The summed E-state index contributed by atoms with van der Waals surface area (Å²) in [6, 6.07) is 5.30. The molecule has 2 aromatic rings. The molecule has 0 atom stereocenters. The largest absolute Gasteiger partial charge is 0.507 e. The van der Waals surface area contributed by atoms with Crippen LogP contribution in [0.5, 0.6) is 5.75 Å². The fourth-order valence-corrected chi connectivity index (χ4v) is 2.11. The van der Waals surface area contributed by atoms with Crippen molar-refractivity contribution in [2.24, 2.45) is 0 Å². The second kappa shape index (κ2) is 5.72. The molecular formula is C11H11IN2O2S. The SMILES string of the molecule is CCSCc1noc(-c2ccc(I)c(O)c2)n1. The van der Waals surface area contributed by atoms with Crippen LogP contribution in [0.4, 0.5) is 0 Å². The number of aromatic nitrogens is 2. The van der Waals surface area contributed by atoms with Crippen LogP contribution in [0.3, 0.4) is 0 Å². The Hall–Kier alpha value is -0.760. The maximum absolute atomic E-state index is 9.61. The van der Waals surface area contributed by atoms with Gasteiger partial charge in [0.2, 0.25) is 0 Å². The fraction of sp³-hybridized carbons (Fsp3) is 0.273. The molecule has 17 heavy (non-hydrogen) atoms. The smallest absolute Gasteiger partial charge is 0.258 e. The standard InChI is InChI=1S/C11H11IN2O2S/c1-2-17-6-10-13-11(16-14-10)7-3-4-8(12)9(15)5-7/h3-5,15H,2,6H2,1H3. The number of phenols is 1. The number of halogens is 1. The Kier molecular flexibility index (Phi) is 4.27. The number of aromatic hydroxyl groups is 1. The van der Waals surface area contributed by atoms with Gasteiger partial charge in [0.15, 0.2) is 5.82 Å². The number of nitrogens with zero attached hydrogens (tertiary/aromatic N) is 2. The maximum Gasteiger partial charge on any atom is 0.258 e. The van der Waals surface area contributed by atoms with Crippen LogP contribution in [-0.4, -0.2) is 21.0 Å². The van der Waals surface area contributed by atoms with E-state index >= 15 is 0 Å². The van der Waals surface area contributed by atoms with Crippen molar-refractivity contribution in [3.8, 4) is 17.2 Å². The molecule has 1 aromatic carbocycles. The van der Waals surface area contributed by atoms with Crippen LogP contribution in [0.1, 0.15) is 12.7 Å². The molecule has 0 fully saturated rings. The third kappa shape index (κ3) is 3.12. The number of thioether (sulfide) groups is 1. The lowest BCUT2D eigenvalue weighted by molar-refractivity contribution is 0.424. The summed E-state index contributed by atoms with van der Waals surface area (Å²) in [4.78, 5) is 4.28. The lowest BCUT2D eigenvalue weighted by atomic mass is 10.2. The summed E-state index contributed by atoms with van der Waals surface area (Å²) >= 11 is 3.80. The van der Waals surface area contributed by atoms with E-state index in [0.29, 0.717) is 11.7 Å². The molecule has 6 heteroatoms. The zero-order valence-electron chi connectivity index (χ0n) is 9.18. The van der Waals surface area contributed by atoms with Gasteiger partial charge in [0, 0.05) is 5.56 Å². The van der Waals surface area contributed by atoms with Gasteiger partial charge in [-0.3, -0.25) is 0 Å². The highest BCUT2D eigenvalue weighted by Gasteiger charge is 2.10. The number of hydrogen-bond donors (Lipinski definition) is 1. The number of benzene rings is 1. The third-order valence-corrected chi connectivity index (χ3v) is 3.88. The molecule has 0 saturated heterocycles. The first-order valence-electron chi connectivity index (χ1n) is 5.10. The molecule has 1 aromatic heterocycles. The van der Waals surface area contributed by atoms with E-state index in [1.165, 1.54) is 0 Å². The Balaban J connectivity index is 2.21. The van der Waals surface area contributed by atoms with Gasteiger partial charge in [-0.15, -0.1) is 0 Å². The molecule has 0 amide bonds. The first-order chi connectivity index (χ1) is 8.20. The van der Waals surface area contributed by atoms with E-state index < -0.39 is 0 Å². The predicted octanol–water partition coefficient (Wildman–Crippen LogP) is 3.30. The molecule has 0 bridgehead atoms. The van der Waals surface area contributed by atoms with E-state index in [9.17, 15) is 5.11 Å². The van der Waals surface area contributed by atoms with Crippen molar-refractivity contribution < 1.29 is 9.63 Å². The van der Waals surface area contributed by atoms with Crippen molar-refractivity contribution >= 4 is 34.4 Å². The van der Waals surface area contributed by atoms with Gasteiger partial charge in [0.25, 0.3) is 5.89 Å². The summed E-state index contributed by atoms with van der Waals surface area (Å²) in [5.41, 5.74) is 0.739. The predicted molar refractivity (Wildman–Crippen MR) is 76.0 cm³/mol. The lowest BCUT2D eigenvalue weighted by Gasteiger charge is -1.98. The fourth-order valence-electron chi connectivity index (χ4n) is 1.27. The molecule has 0 spiro atoms. The van der Waals surface area contributed by atoms with Crippen LogP contribution < -0.4 is 0 Å². The molecule has 0 aliphatic carbocycles. The molecule has 4 nitrogen and oxygen atoms in total. The minimum atomic E-state index is 0.228. The van der Waals surface area contributed by atoms with Gasteiger partial charge in [0.1, 0.15) is 5.75 Å². The van der Waals surface area contributed by atoms with Crippen molar-refractivity contribution in [2.45, 2.75) is 12.7 Å². The summed E-state index contributed by atoms with van der Waals surface area (Å²) in [5.74, 6) is 3.13. The summed E-state index contributed by atoms with van der Waals surface area (Å²) in [5, 5.41) is 13.5. The molecule has 0 unspecified atom stereocenters. The van der Waals surface area contributed by atoms with E-state index in [2.05, 4.69) is 39.7 Å². The highest BCUT2D eigenvalue weighted by atomic mass is 127. The second-order valence-electron chi connectivity index (χ2n) is 3.32. The van der Waals surface area contributed by atoms with Crippen molar-refractivity contribution in [3.05, 3.63) is 27.6 Å². The molecule has 0 saturated carbocycles. The van der Waals surface area contributed by atoms with E-state index in [1.807, 2.05) is 12.1 Å². The van der Waals surface area contributed by atoms with Crippen molar-refractivity contribution in [2.75, 3.05) is 5.75 Å². The van der Waals surface area contributed by atoms with E-state index in [1.54, 1.807) is 17.8 Å². The van der Waals surface area contributed by atoms with Gasteiger partial charge in [-0.1, -0.05) is 12.1 Å². The highest BCUT2D eigenvalue weighted by molar-refractivity contribution is 14.1. The average molecular weight is 362 g/mol. The van der Waals surface area contributed by atoms with Crippen LogP contribution in [-0.2, 0) is 5.75 Å². The molecule has 0 aliphatic heterocycles. The van der Waals surface area contributed by atoms with Crippen LogP contribution >= 0.6 is 34.4 Å². The van der Waals surface area contributed by atoms with E-state index in [-0.39, 0.29) is 5.75 Å². The zero-order chi connectivity index (χ0) is 12.3.